The van der Waals surface area contributed by atoms with E-state index in [4.69, 9.17) is 9.84 Å². The van der Waals surface area contributed by atoms with Gasteiger partial charge in [-0.05, 0) is 26.8 Å². The molecule has 1 N–H and O–H groups in total. The minimum atomic E-state index is -1.17. The predicted molar refractivity (Wildman–Crippen MR) is 65.8 cm³/mol. The summed E-state index contributed by atoms with van der Waals surface area (Å²) in [5.74, 6) is -0.576. The van der Waals surface area contributed by atoms with E-state index in [0.29, 0.717) is 0 Å². The highest BCUT2D eigenvalue weighted by Gasteiger charge is 2.23. The highest BCUT2D eigenvalue weighted by molar-refractivity contribution is 6.00. The molecule has 0 spiro atoms. The van der Waals surface area contributed by atoms with E-state index in [2.05, 4.69) is 4.98 Å². The lowest BCUT2D eigenvalue weighted by Crippen LogP contribution is -2.28. The molecule has 18 heavy (non-hydrogen) atoms. The molecule has 0 fully saturated rings. The number of aromatic nitrogens is 1. The van der Waals surface area contributed by atoms with Crippen LogP contribution in [0.25, 0.3) is 0 Å². The SMILES string of the molecule is CN(C(=O)O)c1cnccc1C(=O)OC(C)(C)C. The second kappa shape index (κ2) is 5.03. The molecule has 1 rings (SSSR count). The van der Waals surface area contributed by atoms with E-state index in [-0.39, 0.29) is 11.3 Å². The fourth-order valence-corrected chi connectivity index (χ4v) is 1.26. The Morgan fingerprint density at radius 1 is 1.39 bits per heavy atom. The number of amides is 1. The molecular formula is C12H16N2O4. The molecule has 0 saturated heterocycles. The molecule has 6 nitrogen and oxygen atoms in total. The number of hydrogen-bond donors (Lipinski definition) is 1. The van der Waals surface area contributed by atoms with Gasteiger partial charge < -0.3 is 9.84 Å². The molecule has 6 heteroatoms. The molecule has 0 aliphatic carbocycles. The van der Waals surface area contributed by atoms with Gasteiger partial charge in [0.2, 0.25) is 0 Å². The van der Waals surface area contributed by atoms with Crippen LogP contribution in [-0.2, 0) is 4.74 Å². The van der Waals surface area contributed by atoms with Gasteiger partial charge in [-0.2, -0.15) is 0 Å². The summed E-state index contributed by atoms with van der Waals surface area (Å²) in [6.45, 7) is 5.23. The number of anilines is 1. The van der Waals surface area contributed by atoms with Gasteiger partial charge in [0.25, 0.3) is 0 Å². The standard InChI is InChI=1S/C12H16N2O4/c1-12(2,3)18-10(15)8-5-6-13-7-9(8)14(4)11(16)17/h5-7H,1-4H3,(H,16,17). The fourth-order valence-electron chi connectivity index (χ4n) is 1.26. The molecule has 1 aromatic heterocycles. The van der Waals surface area contributed by atoms with Gasteiger partial charge in [0.1, 0.15) is 5.60 Å². The van der Waals surface area contributed by atoms with E-state index < -0.39 is 17.7 Å². The summed E-state index contributed by atoms with van der Waals surface area (Å²) in [7, 11) is 1.34. The third kappa shape index (κ3) is 3.44. The van der Waals surface area contributed by atoms with Crippen LogP contribution in [0.15, 0.2) is 18.5 Å². The summed E-state index contributed by atoms with van der Waals surface area (Å²) in [5.41, 5.74) is -0.275. The van der Waals surface area contributed by atoms with Crippen LogP contribution in [-0.4, -0.2) is 34.8 Å². The van der Waals surface area contributed by atoms with Crippen LogP contribution < -0.4 is 4.90 Å². The van der Waals surface area contributed by atoms with Crippen LogP contribution in [0.2, 0.25) is 0 Å². The zero-order valence-corrected chi connectivity index (χ0v) is 10.8. The van der Waals surface area contributed by atoms with Crippen molar-refractivity contribution < 1.29 is 19.4 Å². The number of carbonyl (C=O) groups excluding carboxylic acids is 1. The maximum Gasteiger partial charge on any atom is 0.411 e. The molecule has 0 aliphatic heterocycles. The summed E-state index contributed by atoms with van der Waals surface area (Å²) in [5, 5.41) is 8.92. The summed E-state index contributed by atoms with van der Waals surface area (Å²) in [6, 6.07) is 1.43. The Kier molecular flexibility index (Phi) is 3.90. The van der Waals surface area contributed by atoms with Gasteiger partial charge in [-0.3, -0.25) is 9.88 Å². The van der Waals surface area contributed by atoms with Crippen LogP contribution in [0, 0.1) is 0 Å². The largest absolute Gasteiger partial charge is 0.465 e. The second-order valence-electron chi connectivity index (χ2n) is 4.74. The molecule has 98 valence electrons. The number of carbonyl (C=O) groups is 2. The van der Waals surface area contributed by atoms with E-state index >= 15 is 0 Å². The quantitative estimate of drug-likeness (QED) is 0.816. The molecule has 0 radical (unpaired) electrons. The van der Waals surface area contributed by atoms with Crippen LogP contribution in [0.1, 0.15) is 31.1 Å². The van der Waals surface area contributed by atoms with Crippen LogP contribution in [0.4, 0.5) is 10.5 Å². The Balaban J connectivity index is 3.10. The fraction of sp³-hybridized carbons (Fsp3) is 0.417. The van der Waals surface area contributed by atoms with Crippen molar-refractivity contribution in [1.29, 1.82) is 0 Å². The first-order valence-electron chi connectivity index (χ1n) is 5.36. The number of carboxylic acid groups (broad SMARTS) is 1. The molecule has 0 atom stereocenters. The number of ether oxygens (including phenoxy) is 1. The number of hydrogen-bond acceptors (Lipinski definition) is 4. The molecule has 1 aromatic rings. The molecule has 0 saturated carbocycles. The lowest BCUT2D eigenvalue weighted by Gasteiger charge is -2.22. The van der Waals surface area contributed by atoms with Crippen molar-refractivity contribution in [2.75, 3.05) is 11.9 Å². The summed E-state index contributed by atoms with van der Waals surface area (Å²) >= 11 is 0. The maximum absolute atomic E-state index is 11.9. The first-order valence-corrected chi connectivity index (χ1v) is 5.36. The third-order valence-electron chi connectivity index (χ3n) is 2.07. The van der Waals surface area contributed by atoms with Crippen molar-refractivity contribution in [3.05, 3.63) is 24.0 Å². The second-order valence-corrected chi connectivity index (χ2v) is 4.74. The zero-order chi connectivity index (χ0) is 13.9. The highest BCUT2D eigenvalue weighted by atomic mass is 16.6. The topological polar surface area (TPSA) is 79.7 Å². The number of esters is 1. The molecule has 0 bridgehead atoms. The normalized spacial score (nSPS) is 10.9. The lowest BCUT2D eigenvalue weighted by molar-refractivity contribution is 0.00704. The van der Waals surface area contributed by atoms with Crippen molar-refractivity contribution in [1.82, 2.24) is 4.98 Å². The van der Waals surface area contributed by atoms with Crippen molar-refractivity contribution in [3.63, 3.8) is 0 Å². The zero-order valence-electron chi connectivity index (χ0n) is 10.8. The van der Waals surface area contributed by atoms with Gasteiger partial charge in [-0.25, -0.2) is 9.59 Å². The number of rotatable bonds is 2. The average molecular weight is 252 g/mol. The van der Waals surface area contributed by atoms with Gasteiger partial charge in [0, 0.05) is 13.2 Å². The maximum atomic E-state index is 11.9. The molecule has 1 heterocycles. The number of nitrogens with zero attached hydrogens (tertiary/aromatic N) is 2. The molecular weight excluding hydrogens is 236 g/mol. The van der Waals surface area contributed by atoms with Crippen molar-refractivity contribution in [2.45, 2.75) is 26.4 Å². The van der Waals surface area contributed by atoms with Crippen molar-refractivity contribution >= 4 is 17.7 Å². The van der Waals surface area contributed by atoms with Crippen molar-refractivity contribution in [3.8, 4) is 0 Å². The van der Waals surface area contributed by atoms with Crippen LogP contribution in [0.5, 0.6) is 0 Å². The highest BCUT2D eigenvalue weighted by Crippen LogP contribution is 2.21. The summed E-state index contributed by atoms with van der Waals surface area (Å²) < 4.78 is 5.21. The van der Waals surface area contributed by atoms with Crippen LogP contribution >= 0.6 is 0 Å². The smallest absolute Gasteiger partial charge is 0.411 e. The Hall–Kier alpha value is -2.11. The third-order valence-corrected chi connectivity index (χ3v) is 2.07. The van der Waals surface area contributed by atoms with Crippen LogP contribution in [0.3, 0.4) is 0 Å². The van der Waals surface area contributed by atoms with Gasteiger partial charge in [0.05, 0.1) is 17.4 Å². The van der Waals surface area contributed by atoms with Gasteiger partial charge in [0.15, 0.2) is 0 Å². The van der Waals surface area contributed by atoms with Gasteiger partial charge in [-0.15, -0.1) is 0 Å². The lowest BCUT2D eigenvalue weighted by atomic mass is 10.1. The minimum absolute atomic E-state index is 0.171. The number of pyridine rings is 1. The van der Waals surface area contributed by atoms with Crippen molar-refractivity contribution in [2.24, 2.45) is 0 Å². The average Bonchev–Trinajstić information content (AvgIpc) is 2.25. The molecule has 0 aromatic carbocycles. The Labute approximate surface area is 105 Å². The van der Waals surface area contributed by atoms with E-state index in [1.807, 2.05) is 0 Å². The first-order chi connectivity index (χ1) is 8.22. The summed E-state index contributed by atoms with van der Waals surface area (Å²) in [6.07, 6.45) is 1.55. The molecule has 0 aliphatic rings. The Morgan fingerprint density at radius 2 is 2.00 bits per heavy atom. The van der Waals surface area contributed by atoms with Gasteiger partial charge in [-0.1, -0.05) is 0 Å². The van der Waals surface area contributed by atoms with E-state index in [0.717, 1.165) is 4.90 Å². The molecule has 0 unspecified atom stereocenters. The Morgan fingerprint density at radius 3 is 2.50 bits per heavy atom. The minimum Gasteiger partial charge on any atom is -0.465 e. The first kappa shape index (κ1) is 14.0. The molecule has 1 amide bonds. The summed E-state index contributed by atoms with van der Waals surface area (Å²) in [4.78, 5) is 27.6. The monoisotopic (exact) mass is 252 g/mol. The van der Waals surface area contributed by atoms with Gasteiger partial charge >= 0.3 is 12.1 Å². The predicted octanol–water partition coefficient (Wildman–Crippen LogP) is 2.15. The van der Waals surface area contributed by atoms with E-state index in [9.17, 15) is 9.59 Å². The van der Waals surface area contributed by atoms with E-state index in [1.54, 1.807) is 20.8 Å². The Bertz CT molecular complexity index is 465. The van der Waals surface area contributed by atoms with E-state index in [1.165, 1.54) is 25.5 Å².